The van der Waals surface area contributed by atoms with Crippen molar-refractivity contribution in [2.45, 2.75) is 13.0 Å². The first kappa shape index (κ1) is 12.7. The van der Waals surface area contributed by atoms with Crippen molar-refractivity contribution in [3.8, 4) is 0 Å². The summed E-state index contributed by atoms with van der Waals surface area (Å²) in [4.78, 5) is 12.6. The average Bonchev–Trinajstić information content (AvgIpc) is 2.66. The Morgan fingerprint density at radius 2 is 2.44 bits per heavy atom. The third-order valence-corrected chi connectivity index (χ3v) is 2.17. The maximum absolute atomic E-state index is 10.6. The second-order valence-electron chi connectivity index (χ2n) is 3.68. The highest BCUT2D eigenvalue weighted by Crippen LogP contribution is 2.06. The van der Waals surface area contributed by atoms with Gasteiger partial charge in [0, 0.05) is 6.07 Å². The van der Waals surface area contributed by atoms with E-state index in [1.54, 1.807) is 0 Å². The number of aromatic carboxylic acids is 1. The summed E-state index contributed by atoms with van der Waals surface area (Å²) in [6.45, 7) is 2.45. The summed E-state index contributed by atoms with van der Waals surface area (Å²) < 4.78 is 4.91. The highest BCUT2D eigenvalue weighted by molar-refractivity contribution is 5.85. The van der Waals surface area contributed by atoms with Gasteiger partial charge in [-0.1, -0.05) is 5.16 Å². The summed E-state index contributed by atoms with van der Waals surface area (Å²) in [6, 6.07) is 1.46. The van der Waals surface area contributed by atoms with E-state index >= 15 is 0 Å². The third kappa shape index (κ3) is 4.00. The fraction of sp³-hybridized carbons (Fsp3) is 0.600. The molecule has 0 atom stereocenters. The molecule has 0 aliphatic heterocycles. The summed E-state index contributed by atoms with van der Waals surface area (Å²) in [5.41, 5.74) is -0.0429. The molecule has 1 aromatic heterocycles. The second kappa shape index (κ2) is 6.24. The lowest BCUT2D eigenvalue weighted by Gasteiger charge is -2.13. The van der Waals surface area contributed by atoms with Gasteiger partial charge in [0.15, 0.2) is 11.5 Å². The van der Waals surface area contributed by atoms with Crippen molar-refractivity contribution >= 4 is 5.97 Å². The van der Waals surface area contributed by atoms with Crippen molar-refractivity contribution in [3.63, 3.8) is 0 Å². The lowest BCUT2D eigenvalue weighted by Crippen LogP contribution is -2.22. The predicted molar refractivity (Wildman–Crippen MR) is 58.3 cm³/mol. The summed E-state index contributed by atoms with van der Waals surface area (Å²) in [6.07, 6.45) is 1.03. The predicted octanol–water partition coefficient (Wildman–Crippen LogP) is 0.414. The van der Waals surface area contributed by atoms with Crippen LogP contribution in [-0.2, 0) is 6.54 Å². The van der Waals surface area contributed by atoms with Crippen molar-refractivity contribution in [1.29, 1.82) is 0 Å². The molecule has 0 aliphatic carbocycles. The average molecular weight is 227 g/mol. The molecule has 1 rings (SSSR count). The van der Waals surface area contributed by atoms with Gasteiger partial charge in [0.25, 0.3) is 0 Å². The van der Waals surface area contributed by atoms with Crippen molar-refractivity contribution in [2.75, 3.05) is 27.2 Å². The zero-order valence-electron chi connectivity index (χ0n) is 9.56. The minimum absolute atomic E-state index is 0.0429. The van der Waals surface area contributed by atoms with Gasteiger partial charge < -0.3 is 14.9 Å². The Hall–Kier alpha value is -1.40. The zero-order chi connectivity index (χ0) is 12.0. The SMILES string of the molecule is CNCCCN(C)Cc1cc(C(=O)O)no1. The lowest BCUT2D eigenvalue weighted by atomic mass is 10.3. The first-order chi connectivity index (χ1) is 7.63. The van der Waals surface area contributed by atoms with E-state index in [9.17, 15) is 4.79 Å². The van der Waals surface area contributed by atoms with Gasteiger partial charge in [0.1, 0.15) is 0 Å². The zero-order valence-corrected chi connectivity index (χ0v) is 9.56. The first-order valence-electron chi connectivity index (χ1n) is 5.15. The van der Waals surface area contributed by atoms with Crippen LogP contribution in [0, 0.1) is 0 Å². The molecule has 1 heterocycles. The number of carboxylic acid groups (broad SMARTS) is 1. The largest absolute Gasteiger partial charge is 0.476 e. The van der Waals surface area contributed by atoms with Gasteiger partial charge in [-0.25, -0.2) is 4.79 Å². The van der Waals surface area contributed by atoms with Crippen molar-refractivity contribution in [1.82, 2.24) is 15.4 Å². The topological polar surface area (TPSA) is 78.6 Å². The van der Waals surface area contributed by atoms with Gasteiger partial charge in [-0.2, -0.15) is 0 Å². The van der Waals surface area contributed by atoms with Crippen LogP contribution in [0.4, 0.5) is 0 Å². The molecule has 0 bridgehead atoms. The standard InChI is InChI=1S/C10H17N3O3/c1-11-4-3-5-13(2)7-8-6-9(10(14)15)12-16-8/h6,11H,3-5,7H2,1-2H3,(H,14,15). The molecular weight excluding hydrogens is 210 g/mol. The molecule has 0 aromatic carbocycles. The molecule has 6 nitrogen and oxygen atoms in total. The number of aromatic nitrogens is 1. The van der Waals surface area contributed by atoms with Crippen LogP contribution < -0.4 is 5.32 Å². The van der Waals surface area contributed by atoms with E-state index in [0.717, 1.165) is 19.5 Å². The van der Waals surface area contributed by atoms with Gasteiger partial charge in [-0.3, -0.25) is 4.90 Å². The fourth-order valence-corrected chi connectivity index (χ4v) is 1.36. The molecule has 0 saturated carbocycles. The van der Waals surface area contributed by atoms with Gasteiger partial charge in [0.2, 0.25) is 0 Å². The molecule has 0 aliphatic rings. The van der Waals surface area contributed by atoms with Crippen LogP contribution in [0.5, 0.6) is 0 Å². The maximum Gasteiger partial charge on any atom is 0.358 e. The molecule has 0 radical (unpaired) electrons. The number of hydrogen-bond acceptors (Lipinski definition) is 5. The van der Waals surface area contributed by atoms with Gasteiger partial charge in [-0.15, -0.1) is 0 Å². The van der Waals surface area contributed by atoms with E-state index in [-0.39, 0.29) is 5.69 Å². The monoisotopic (exact) mass is 227 g/mol. The molecule has 0 amide bonds. The smallest absolute Gasteiger partial charge is 0.358 e. The van der Waals surface area contributed by atoms with Crippen LogP contribution in [0.25, 0.3) is 0 Å². The number of carbonyl (C=O) groups is 1. The van der Waals surface area contributed by atoms with E-state index in [1.807, 2.05) is 14.1 Å². The third-order valence-electron chi connectivity index (χ3n) is 2.17. The van der Waals surface area contributed by atoms with E-state index in [1.165, 1.54) is 6.07 Å². The van der Waals surface area contributed by atoms with E-state index < -0.39 is 5.97 Å². The number of nitrogens with zero attached hydrogens (tertiary/aromatic N) is 2. The molecule has 90 valence electrons. The van der Waals surface area contributed by atoms with Crippen molar-refractivity contribution in [2.24, 2.45) is 0 Å². The van der Waals surface area contributed by atoms with E-state index in [2.05, 4.69) is 15.4 Å². The summed E-state index contributed by atoms with van der Waals surface area (Å²) >= 11 is 0. The Morgan fingerprint density at radius 1 is 1.69 bits per heavy atom. The summed E-state index contributed by atoms with van der Waals surface area (Å²) in [5.74, 6) is -0.489. The molecule has 16 heavy (non-hydrogen) atoms. The maximum atomic E-state index is 10.6. The first-order valence-corrected chi connectivity index (χ1v) is 5.15. The van der Waals surface area contributed by atoms with Crippen LogP contribution in [0.1, 0.15) is 22.7 Å². The van der Waals surface area contributed by atoms with Crippen LogP contribution in [0.15, 0.2) is 10.6 Å². The molecule has 2 N–H and O–H groups in total. The fourth-order valence-electron chi connectivity index (χ4n) is 1.36. The van der Waals surface area contributed by atoms with Crippen LogP contribution in [-0.4, -0.2) is 48.3 Å². The number of rotatable bonds is 7. The molecule has 0 spiro atoms. The molecule has 0 unspecified atom stereocenters. The summed E-state index contributed by atoms with van der Waals surface area (Å²) in [7, 11) is 3.87. The normalized spacial score (nSPS) is 10.9. The van der Waals surface area contributed by atoms with Crippen LogP contribution in [0.2, 0.25) is 0 Å². The second-order valence-corrected chi connectivity index (χ2v) is 3.68. The Kier molecular flexibility index (Phi) is 4.94. The van der Waals surface area contributed by atoms with Crippen molar-refractivity contribution < 1.29 is 14.4 Å². The Bertz CT molecular complexity index is 338. The van der Waals surface area contributed by atoms with Gasteiger partial charge in [-0.05, 0) is 33.6 Å². The molecule has 6 heteroatoms. The minimum atomic E-state index is -1.06. The number of hydrogen-bond donors (Lipinski definition) is 2. The van der Waals surface area contributed by atoms with Crippen molar-refractivity contribution in [3.05, 3.63) is 17.5 Å². The Morgan fingerprint density at radius 3 is 3.00 bits per heavy atom. The molecular formula is C10H17N3O3. The van der Waals surface area contributed by atoms with Gasteiger partial charge in [0.05, 0.1) is 6.54 Å². The van der Waals surface area contributed by atoms with Crippen LogP contribution in [0.3, 0.4) is 0 Å². The quantitative estimate of drug-likeness (QED) is 0.657. The Balaban J connectivity index is 2.37. The summed E-state index contributed by atoms with van der Waals surface area (Å²) in [5, 5.41) is 15.2. The molecule has 0 saturated heterocycles. The molecule has 1 aromatic rings. The molecule has 0 fully saturated rings. The number of nitrogens with one attached hydrogen (secondary N) is 1. The van der Waals surface area contributed by atoms with E-state index in [4.69, 9.17) is 9.63 Å². The van der Waals surface area contributed by atoms with Gasteiger partial charge >= 0.3 is 5.97 Å². The van der Waals surface area contributed by atoms with E-state index in [0.29, 0.717) is 12.3 Å². The highest BCUT2D eigenvalue weighted by Gasteiger charge is 2.11. The highest BCUT2D eigenvalue weighted by atomic mass is 16.5. The number of carboxylic acids is 1. The van der Waals surface area contributed by atoms with Crippen LogP contribution >= 0.6 is 0 Å². The lowest BCUT2D eigenvalue weighted by molar-refractivity contribution is 0.0685. The Labute approximate surface area is 94.2 Å². The minimum Gasteiger partial charge on any atom is -0.476 e.